The van der Waals surface area contributed by atoms with Crippen LogP contribution in [0.25, 0.3) is 0 Å². The van der Waals surface area contributed by atoms with E-state index in [4.69, 9.17) is 16.3 Å². The van der Waals surface area contributed by atoms with Gasteiger partial charge in [0.2, 0.25) is 0 Å². The molecule has 19 heavy (non-hydrogen) atoms. The highest BCUT2D eigenvalue weighted by atomic mass is 16.6. The van der Waals surface area contributed by atoms with Gasteiger partial charge >= 0.3 is 11.9 Å². The van der Waals surface area contributed by atoms with Crippen LogP contribution < -0.4 is 0 Å². The van der Waals surface area contributed by atoms with Gasteiger partial charge in [0.25, 0.3) is 5.69 Å². The van der Waals surface area contributed by atoms with Crippen molar-refractivity contribution in [3.05, 3.63) is 39.9 Å². The number of nitro groups is 1. The van der Waals surface area contributed by atoms with E-state index in [1.54, 1.807) is 0 Å². The second-order valence-corrected chi connectivity index (χ2v) is 3.43. The fraction of sp³-hybridized carbons (Fsp3) is 0.167. The summed E-state index contributed by atoms with van der Waals surface area (Å²) < 4.78 is 4.73. The van der Waals surface area contributed by atoms with Crippen molar-refractivity contribution in [3.8, 4) is 12.3 Å². The van der Waals surface area contributed by atoms with Crippen LogP contribution in [-0.2, 0) is 9.53 Å². The van der Waals surface area contributed by atoms with Crippen molar-refractivity contribution < 1.29 is 24.4 Å². The van der Waals surface area contributed by atoms with Gasteiger partial charge in [0.1, 0.15) is 5.56 Å². The minimum absolute atomic E-state index is 0.280. The molecule has 0 amide bonds. The van der Waals surface area contributed by atoms with Crippen molar-refractivity contribution in [2.75, 3.05) is 0 Å². The van der Waals surface area contributed by atoms with Crippen LogP contribution in [0.1, 0.15) is 16.8 Å². The first-order valence-corrected chi connectivity index (χ1v) is 5.08. The van der Waals surface area contributed by atoms with Crippen LogP contribution in [0.5, 0.6) is 0 Å². The van der Waals surface area contributed by atoms with E-state index in [0.29, 0.717) is 0 Å². The highest BCUT2D eigenvalue weighted by Crippen LogP contribution is 2.19. The Morgan fingerprint density at radius 1 is 1.47 bits per heavy atom. The lowest BCUT2D eigenvalue weighted by atomic mass is 10.2. The van der Waals surface area contributed by atoms with Gasteiger partial charge in [-0.3, -0.25) is 14.9 Å². The van der Waals surface area contributed by atoms with Crippen LogP contribution >= 0.6 is 0 Å². The predicted molar refractivity (Wildman–Crippen MR) is 63.4 cm³/mol. The van der Waals surface area contributed by atoms with Crippen molar-refractivity contribution >= 4 is 17.6 Å². The fourth-order valence-corrected chi connectivity index (χ4v) is 1.29. The third-order valence-corrected chi connectivity index (χ3v) is 2.12. The molecule has 0 fully saturated rings. The van der Waals surface area contributed by atoms with Crippen LogP contribution in [-0.4, -0.2) is 28.1 Å². The lowest BCUT2D eigenvalue weighted by molar-refractivity contribution is -0.385. The quantitative estimate of drug-likeness (QED) is 0.370. The number of nitrogens with zero attached hydrogens (tertiary/aromatic N) is 1. The topological polar surface area (TPSA) is 107 Å². The van der Waals surface area contributed by atoms with Gasteiger partial charge in [0, 0.05) is 6.07 Å². The molecule has 0 heterocycles. The highest BCUT2D eigenvalue weighted by Gasteiger charge is 2.23. The number of benzene rings is 1. The lowest BCUT2D eigenvalue weighted by Crippen LogP contribution is -2.20. The van der Waals surface area contributed by atoms with Gasteiger partial charge in [-0.2, -0.15) is 0 Å². The number of carbonyl (C=O) groups is 2. The van der Waals surface area contributed by atoms with Gasteiger partial charge in [0.15, 0.2) is 6.10 Å². The maximum absolute atomic E-state index is 11.7. The average Bonchev–Trinajstić information content (AvgIpc) is 2.37. The second kappa shape index (κ2) is 6.16. The minimum Gasteiger partial charge on any atom is -0.481 e. The van der Waals surface area contributed by atoms with Gasteiger partial charge in [-0.1, -0.05) is 18.1 Å². The Morgan fingerprint density at radius 3 is 2.63 bits per heavy atom. The minimum atomic E-state index is -1.27. The number of ether oxygens (including phenoxy) is 1. The Kier molecular flexibility index (Phi) is 4.60. The van der Waals surface area contributed by atoms with Crippen molar-refractivity contribution in [2.24, 2.45) is 0 Å². The van der Waals surface area contributed by atoms with Gasteiger partial charge < -0.3 is 9.84 Å². The molecule has 0 spiro atoms. The molecule has 0 saturated carbocycles. The third kappa shape index (κ3) is 3.81. The molecule has 1 aromatic rings. The number of rotatable bonds is 5. The monoisotopic (exact) mass is 263 g/mol. The first-order valence-electron chi connectivity index (χ1n) is 5.08. The number of hydrogen-bond acceptors (Lipinski definition) is 5. The molecule has 7 nitrogen and oxygen atoms in total. The molecule has 0 aliphatic rings. The van der Waals surface area contributed by atoms with Gasteiger partial charge in [-0.25, -0.2) is 4.79 Å². The van der Waals surface area contributed by atoms with E-state index in [1.165, 1.54) is 18.2 Å². The normalized spacial score (nSPS) is 11.1. The van der Waals surface area contributed by atoms with Crippen molar-refractivity contribution in [2.45, 2.75) is 12.5 Å². The first kappa shape index (κ1) is 14.2. The zero-order valence-electron chi connectivity index (χ0n) is 9.61. The number of nitro benzene ring substituents is 1. The van der Waals surface area contributed by atoms with E-state index >= 15 is 0 Å². The highest BCUT2D eigenvalue weighted by molar-refractivity contribution is 5.94. The molecular weight excluding hydrogens is 254 g/mol. The number of aliphatic carboxylic acids is 1. The van der Waals surface area contributed by atoms with E-state index in [2.05, 4.69) is 0 Å². The standard InChI is InChI=1S/C12H9NO6/c1-2-8(7-11(14)15)19-12(16)9-5-3-4-6-10(9)13(17)18/h1,3-6,8H,7H2,(H,14,15). The third-order valence-electron chi connectivity index (χ3n) is 2.12. The molecule has 0 aliphatic heterocycles. The molecule has 0 radical (unpaired) electrons. The summed E-state index contributed by atoms with van der Waals surface area (Å²) in [5.41, 5.74) is -0.711. The zero-order chi connectivity index (χ0) is 14.4. The summed E-state index contributed by atoms with van der Waals surface area (Å²) in [4.78, 5) is 32.2. The lowest BCUT2D eigenvalue weighted by Gasteiger charge is -2.10. The fourth-order valence-electron chi connectivity index (χ4n) is 1.29. The predicted octanol–water partition coefficient (Wildman–Crippen LogP) is 1.23. The summed E-state index contributed by atoms with van der Waals surface area (Å²) >= 11 is 0. The number of para-hydroxylation sites is 1. The van der Waals surface area contributed by atoms with Crippen molar-refractivity contribution in [1.29, 1.82) is 0 Å². The number of terminal acetylenes is 1. The Hall–Kier alpha value is -2.88. The summed E-state index contributed by atoms with van der Waals surface area (Å²) in [6.45, 7) is 0. The largest absolute Gasteiger partial charge is 0.481 e. The molecule has 98 valence electrons. The van der Waals surface area contributed by atoms with Crippen LogP contribution in [0.4, 0.5) is 5.69 Å². The number of carbonyl (C=O) groups excluding carboxylic acids is 1. The number of carboxylic acids is 1. The van der Waals surface area contributed by atoms with Crippen LogP contribution in [0.15, 0.2) is 24.3 Å². The molecule has 0 aromatic heterocycles. The van der Waals surface area contributed by atoms with E-state index in [1.807, 2.05) is 5.92 Å². The Labute approximate surface area is 108 Å². The van der Waals surface area contributed by atoms with Gasteiger partial charge in [-0.15, -0.1) is 6.42 Å². The number of esters is 1. The smallest absolute Gasteiger partial charge is 0.346 e. The van der Waals surface area contributed by atoms with E-state index < -0.39 is 35.1 Å². The Morgan fingerprint density at radius 2 is 2.11 bits per heavy atom. The molecule has 0 bridgehead atoms. The summed E-state index contributed by atoms with van der Waals surface area (Å²) in [6.07, 6.45) is 3.18. The maximum Gasteiger partial charge on any atom is 0.346 e. The molecule has 1 atom stereocenters. The molecule has 0 aliphatic carbocycles. The van der Waals surface area contributed by atoms with E-state index in [0.717, 1.165) is 6.07 Å². The van der Waals surface area contributed by atoms with Crippen LogP contribution in [0.3, 0.4) is 0 Å². The first-order chi connectivity index (χ1) is 8.95. The van der Waals surface area contributed by atoms with E-state index in [-0.39, 0.29) is 5.56 Å². The second-order valence-electron chi connectivity index (χ2n) is 3.43. The van der Waals surface area contributed by atoms with Gasteiger partial charge in [-0.05, 0) is 6.07 Å². The average molecular weight is 263 g/mol. The molecule has 0 saturated heterocycles. The van der Waals surface area contributed by atoms with E-state index in [9.17, 15) is 19.7 Å². The Balaban J connectivity index is 2.92. The zero-order valence-corrected chi connectivity index (χ0v) is 9.61. The maximum atomic E-state index is 11.7. The van der Waals surface area contributed by atoms with Gasteiger partial charge in [0.05, 0.1) is 11.3 Å². The SMILES string of the molecule is C#CC(CC(=O)O)OC(=O)c1ccccc1[N+](=O)[O-]. The molecule has 7 heteroatoms. The molecule has 1 N–H and O–H groups in total. The molecule has 1 unspecified atom stereocenters. The van der Waals surface area contributed by atoms with Crippen molar-refractivity contribution in [3.63, 3.8) is 0 Å². The summed E-state index contributed by atoms with van der Waals surface area (Å²) in [5, 5.41) is 19.3. The summed E-state index contributed by atoms with van der Waals surface area (Å²) in [6, 6.07) is 5.16. The summed E-state index contributed by atoms with van der Waals surface area (Å²) in [7, 11) is 0. The van der Waals surface area contributed by atoms with Crippen molar-refractivity contribution in [1.82, 2.24) is 0 Å². The number of hydrogen-bond donors (Lipinski definition) is 1. The number of carboxylic acid groups (broad SMARTS) is 1. The van der Waals surface area contributed by atoms with Crippen LogP contribution in [0, 0.1) is 22.5 Å². The molecule has 1 aromatic carbocycles. The van der Waals surface area contributed by atoms with Crippen LogP contribution in [0.2, 0.25) is 0 Å². The summed E-state index contributed by atoms with van der Waals surface area (Å²) in [5.74, 6) is -0.280. The Bertz CT molecular complexity index is 560. The molecule has 1 rings (SSSR count). The molecular formula is C12H9NO6.